The number of anilines is 5. The summed E-state index contributed by atoms with van der Waals surface area (Å²) in [5.74, 6) is 0.725. The fourth-order valence-electron chi connectivity index (χ4n) is 12.3. The minimum atomic E-state index is -0.642. The Labute approximate surface area is 408 Å². The molecule has 12 rings (SSSR count). The van der Waals surface area contributed by atoms with Crippen molar-refractivity contribution in [2.24, 2.45) is 12.5 Å². The standard InChI is InChI=1S/C51H57N11O7S/c1-28-23-57(31-10-12-59-33(19-31)27-69-43-35-25-62(49(68)44(35)70-50(43)59)38-6-8-42(64)55-46(38)65)13-14-58(28)32-5-7-41(53-22-32)54-37-17-30(24-56(4)47(37)66)34-9-11-52-45(36(34)26-63)61-16-15-60-39(48(61)67)18-29-20-51(2,3)21-40(29)60/h5,7,9,11,17-18,22,24,28,31,33,38,63H,6,8,10,12-16,19-21,23,25-27H2,1-4H3,(H,53,54)(H,55,64,65)/t28-,31+,33-,38?/m0/s1. The first kappa shape index (κ1) is 44.6. The molecule has 364 valence electrons. The molecule has 1 unspecified atom stereocenters. The molecule has 1 aliphatic carbocycles. The van der Waals surface area contributed by atoms with E-state index in [9.17, 15) is 29.1 Å². The smallest absolute Gasteiger partial charge is 0.276 e. The van der Waals surface area contributed by atoms with Gasteiger partial charge in [0.25, 0.3) is 17.4 Å². The van der Waals surface area contributed by atoms with Crippen LogP contribution in [0.15, 0.2) is 53.7 Å². The van der Waals surface area contributed by atoms with Crippen molar-refractivity contribution in [3.63, 3.8) is 0 Å². The Bertz CT molecular complexity index is 3070. The van der Waals surface area contributed by atoms with Gasteiger partial charge < -0.3 is 39.0 Å². The molecule has 11 heterocycles. The second-order valence-electron chi connectivity index (χ2n) is 20.8. The van der Waals surface area contributed by atoms with Gasteiger partial charge in [-0.15, -0.1) is 11.3 Å². The van der Waals surface area contributed by atoms with Crippen LogP contribution in [0.5, 0.6) is 5.75 Å². The van der Waals surface area contributed by atoms with E-state index in [1.54, 1.807) is 35.3 Å². The fraction of sp³-hybridized carbons (Fsp3) is 0.471. The number of carbonyl (C=O) groups is 4. The van der Waals surface area contributed by atoms with Gasteiger partial charge in [0.05, 0.1) is 31.1 Å². The van der Waals surface area contributed by atoms with Gasteiger partial charge in [0.1, 0.15) is 45.5 Å². The van der Waals surface area contributed by atoms with E-state index < -0.39 is 11.9 Å². The Morgan fingerprint density at radius 3 is 2.59 bits per heavy atom. The summed E-state index contributed by atoms with van der Waals surface area (Å²) in [5.41, 5.74) is 7.16. The van der Waals surface area contributed by atoms with Crippen molar-refractivity contribution in [1.82, 2.24) is 34.2 Å². The zero-order chi connectivity index (χ0) is 48.3. The van der Waals surface area contributed by atoms with Crippen molar-refractivity contribution in [3.05, 3.63) is 92.2 Å². The highest BCUT2D eigenvalue weighted by Crippen LogP contribution is 2.51. The number of pyridine rings is 3. The maximum absolute atomic E-state index is 14.0. The summed E-state index contributed by atoms with van der Waals surface area (Å²) in [4.78, 5) is 86.2. The predicted molar refractivity (Wildman–Crippen MR) is 264 cm³/mol. The van der Waals surface area contributed by atoms with E-state index in [1.165, 1.54) is 27.2 Å². The lowest BCUT2D eigenvalue weighted by molar-refractivity contribution is -0.136. The van der Waals surface area contributed by atoms with E-state index in [2.05, 4.69) is 55.7 Å². The molecule has 0 spiro atoms. The monoisotopic (exact) mass is 967 g/mol. The molecule has 7 aliphatic rings. The Kier molecular flexibility index (Phi) is 10.7. The number of nitrogens with zero attached hydrogens (tertiary/aromatic N) is 9. The lowest BCUT2D eigenvalue weighted by Gasteiger charge is -2.49. The summed E-state index contributed by atoms with van der Waals surface area (Å²) in [6.45, 7) is 11.9. The predicted octanol–water partition coefficient (Wildman–Crippen LogP) is 4.43. The van der Waals surface area contributed by atoms with Crippen LogP contribution >= 0.6 is 11.3 Å². The Hall–Kier alpha value is -6.57. The van der Waals surface area contributed by atoms with Crippen LogP contribution in [0.25, 0.3) is 11.1 Å². The number of imide groups is 1. The number of rotatable bonds is 8. The van der Waals surface area contributed by atoms with Gasteiger partial charge in [0, 0.05) is 99.6 Å². The second kappa shape index (κ2) is 16.8. The van der Waals surface area contributed by atoms with Crippen molar-refractivity contribution < 1.29 is 29.0 Å². The van der Waals surface area contributed by atoms with Gasteiger partial charge >= 0.3 is 0 Å². The number of amides is 4. The Morgan fingerprint density at radius 1 is 0.943 bits per heavy atom. The van der Waals surface area contributed by atoms with Crippen molar-refractivity contribution >= 4 is 63.0 Å². The maximum Gasteiger partial charge on any atom is 0.276 e. The van der Waals surface area contributed by atoms with Crippen LogP contribution in [-0.2, 0) is 49.2 Å². The number of piperidine rings is 2. The number of aromatic nitrogens is 4. The van der Waals surface area contributed by atoms with E-state index in [0.29, 0.717) is 83.3 Å². The SMILES string of the molecule is C[C@H]1CN([C@@H]2CCN3c4sc5c(c4OC[C@@H]3C2)CN(C2CCC(=O)NC2=O)C5=O)CCN1c1ccc(Nc2cc(-c3ccnc(N4CCn5c(cc6c5CC(C)(C)C6)C4=O)c3CO)cn(C)c2=O)nc1. The molecule has 5 aromatic heterocycles. The normalized spacial score (nSPS) is 24.0. The van der Waals surface area contributed by atoms with E-state index in [0.717, 1.165) is 73.9 Å². The van der Waals surface area contributed by atoms with Gasteiger partial charge in [-0.05, 0) is 85.9 Å². The third-order valence-electron chi connectivity index (χ3n) is 15.8. The molecule has 3 fully saturated rings. The number of aryl methyl sites for hydroxylation is 1. The van der Waals surface area contributed by atoms with Crippen molar-refractivity contribution in [3.8, 4) is 16.9 Å². The third kappa shape index (κ3) is 7.37. The van der Waals surface area contributed by atoms with Crippen molar-refractivity contribution in [2.45, 2.75) is 103 Å². The molecule has 0 saturated carbocycles. The topological polar surface area (TPSA) is 191 Å². The van der Waals surface area contributed by atoms with Crippen LogP contribution < -0.4 is 35.6 Å². The van der Waals surface area contributed by atoms with Gasteiger partial charge in [-0.1, -0.05) is 13.8 Å². The van der Waals surface area contributed by atoms with Crippen LogP contribution in [0, 0.1) is 5.41 Å². The number of carbonyl (C=O) groups excluding carboxylic acids is 4. The summed E-state index contributed by atoms with van der Waals surface area (Å²) in [7, 11) is 1.69. The molecular weight excluding hydrogens is 911 g/mol. The van der Waals surface area contributed by atoms with E-state index in [-0.39, 0.29) is 53.8 Å². The van der Waals surface area contributed by atoms with Crippen LogP contribution in [-0.4, -0.2) is 121 Å². The lowest BCUT2D eigenvalue weighted by atomic mass is 9.90. The molecule has 70 heavy (non-hydrogen) atoms. The summed E-state index contributed by atoms with van der Waals surface area (Å²) < 4.78 is 10.1. The van der Waals surface area contributed by atoms with Gasteiger partial charge in [0.15, 0.2) is 5.75 Å². The maximum atomic E-state index is 14.0. The number of aliphatic hydroxyl groups excluding tert-OH is 1. The molecule has 3 N–H and O–H groups in total. The molecule has 3 saturated heterocycles. The first-order valence-corrected chi connectivity index (χ1v) is 25.3. The zero-order valence-corrected chi connectivity index (χ0v) is 40.7. The largest absolute Gasteiger partial charge is 0.488 e. The summed E-state index contributed by atoms with van der Waals surface area (Å²) in [6, 6.07) is 9.74. The second-order valence-corrected chi connectivity index (χ2v) is 21.8. The molecule has 6 aliphatic heterocycles. The van der Waals surface area contributed by atoms with Crippen LogP contribution in [0.4, 0.5) is 28.0 Å². The minimum Gasteiger partial charge on any atom is -0.488 e. The summed E-state index contributed by atoms with van der Waals surface area (Å²) in [5, 5.41) is 17.5. The third-order valence-corrected chi connectivity index (χ3v) is 17.0. The van der Waals surface area contributed by atoms with Crippen molar-refractivity contribution in [2.75, 3.05) is 59.3 Å². The van der Waals surface area contributed by atoms with Gasteiger partial charge in [0.2, 0.25) is 11.8 Å². The van der Waals surface area contributed by atoms with Gasteiger partial charge in [-0.25, -0.2) is 9.97 Å². The van der Waals surface area contributed by atoms with Gasteiger partial charge in [-0.3, -0.25) is 39.1 Å². The highest BCUT2D eigenvalue weighted by atomic mass is 32.1. The molecule has 4 amide bonds. The molecule has 0 aromatic carbocycles. The molecule has 0 radical (unpaired) electrons. The van der Waals surface area contributed by atoms with E-state index in [1.807, 2.05) is 30.5 Å². The first-order valence-electron chi connectivity index (χ1n) is 24.5. The minimum absolute atomic E-state index is 0.130. The summed E-state index contributed by atoms with van der Waals surface area (Å²) in [6.07, 6.45) is 9.65. The molecule has 18 nitrogen and oxygen atoms in total. The number of fused-ring (bicyclic) bond motifs is 8. The van der Waals surface area contributed by atoms with Crippen LogP contribution in [0.3, 0.4) is 0 Å². The Morgan fingerprint density at radius 2 is 1.80 bits per heavy atom. The average molecular weight is 968 g/mol. The fourth-order valence-corrected chi connectivity index (χ4v) is 13.6. The number of aliphatic hydroxyl groups is 1. The molecule has 0 bridgehead atoms. The number of thiophene rings is 1. The van der Waals surface area contributed by atoms with E-state index >= 15 is 0 Å². The Balaban J connectivity index is 0.688. The highest BCUT2D eigenvalue weighted by Gasteiger charge is 2.46. The lowest BCUT2D eigenvalue weighted by Crippen LogP contribution is -2.59. The van der Waals surface area contributed by atoms with E-state index in [4.69, 9.17) is 9.72 Å². The van der Waals surface area contributed by atoms with Crippen LogP contribution in [0.2, 0.25) is 0 Å². The summed E-state index contributed by atoms with van der Waals surface area (Å²) >= 11 is 1.47. The first-order chi connectivity index (χ1) is 33.7. The zero-order valence-electron chi connectivity index (χ0n) is 39.9. The number of nitrogens with one attached hydrogen (secondary N) is 2. The molecule has 5 aromatic rings. The van der Waals surface area contributed by atoms with Crippen molar-refractivity contribution in [1.29, 1.82) is 0 Å². The number of hydrogen-bond acceptors (Lipinski definition) is 14. The molecule has 4 atom stereocenters. The quantitative estimate of drug-likeness (QED) is 0.186. The number of hydrogen-bond donors (Lipinski definition) is 3. The van der Waals surface area contributed by atoms with Crippen LogP contribution in [0.1, 0.15) is 89.0 Å². The highest BCUT2D eigenvalue weighted by molar-refractivity contribution is 7.18. The number of piperazine rings is 1. The molecule has 19 heteroatoms. The van der Waals surface area contributed by atoms with Gasteiger partial charge in [-0.2, -0.15) is 0 Å². The molecular formula is C51H57N11O7S. The average Bonchev–Trinajstić information content (AvgIpc) is 4.07. The number of ether oxygens (including phenoxy) is 1.